The van der Waals surface area contributed by atoms with Crippen molar-refractivity contribution in [3.05, 3.63) is 20.2 Å². The molecule has 0 N–H and O–H groups in total. The summed E-state index contributed by atoms with van der Waals surface area (Å²) in [7, 11) is 0.753. The van der Waals surface area contributed by atoms with E-state index >= 15 is 0 Å². The van der Waals surface area contributed by atoms with Crippen molar-refractivity contribution in [2.45, 2.75) is 25.1 Å². The smallest absolute Gasteiger partial charge is 0.258 e. The molecule has 0 aliphatic heterocycles. The Kier molecular flexibility index (Phi) is 3.11. The molecule has 0 aliphatic rings. The lowest BCUT2D eigenvalue weighted by Gasteiger charge is -2.10. The molecule has 64 valence electrons. The van der Waals surface area contributed by atoms with Crippen LogP contribution in [0.5, 0.6) is 0 Å². The van der Waals surface area contributed by atoms with E-state index in [1.54, 1.807) is 0 Å². The summed E-state index contributed by atoms with van der Waals surface area (Å²) in [4.78, 5) is 18.8. The Hall–Kier alpha value is -0.983. The van der Waals surface area contributed by atoms with Gasteiger partial charge in [-0.1, -0.05) is 6.04 Å². The molecule has 0 heterocycles. The molecule has 0 amide bonds. The van der Waals surface area contributed by atoms with Crippen LogP contribution < -0.4 is 0 Å². The second-order valence-electron chi connectivity index (χ2n) is 2.48. The van der Waals surface area contributed by atoms with E-state index in [1.807, 2.05) is 0 Å². The molecule has 0 aromatic heterocycles. The molecule has 6 nitrogen and oxygen atoms in total. The second-order valence-corrected chi connectivity index (χ2v) is 3.48. The van der Waals surface area contributed by atoms with E-state index in [-0.39, 0.29) is 6.42 Å². The number of hydrogen-bond acceptors (Lipinski definition) is 4. The maximum Gasteiger partial charge on any atom is 0.455 e. The van der Waals surface area contributed by atoms with Crippen molar-refractivity contribution in [3.8, 4) is 0 Å². The Balaban J connectivity index is 4.52. The molecule has 0 unspecified atom stereocenters. The fourth-order valence-corrected chi connectivity index (χ4v) is 1.67. The third-order valence-electron chi connectivity index (χ3n) is 1.51. The van der Waals surface area contributed by atoms with E-state index in [1.165, 1.54) is 0 Å². The zero-order valence-electron chi connectivity index (χ0n) is 6.44. The normalized spacial score (nSPS) is 11.4. The van der Waals surface area contributed by atoms with Gasteiger partial charge in [0.1, 0.15) is 0 Å². The highest BCUT2D eigenvalue weighted by atomic mass is 28.1. The number of hydrogen-bond donors (Lipinski definition) is 0. The third-order valence-corrected chi connectivity index (χ3v) is 2.01. The average Bonchev–Trinajstić information content (AvgIpc) is 1.87. The van der Waals surface area contributed by atoms with E-state index in [2.05, 4.69) is 0 Å². The Morgan fingerprint density at radius 2 is 1.73 bits per heavy atom. The lowest BCUT2D eigenvalue weighted by Crippen LogP contribution is -2.42. The molecule has 0 radical (unpaired) electrons. The van der Waals surface area contributed by atoms with Gasteiger partial charge in [0, 0.05) is 10.2 Å². The minimum absolute atomic E-state index is 0.0270. The fourth-order valence-electron chi connectivity index (χ4n) is 0.723. The van der Waals surface area contributed by atoms with Crippen molar-refractivity contribution in [1.29, 1.82) is 0 Å². The summed E-state index contributed by atoms with van der Waals surface area (Å²) < 4.78 is 0. The van der Waals surface area contributed by atoms with Gasteiger partial charge >= 0.3 is 5.66 Å². The van der Waals surface area contributed by atoms with Crippen molar-refractivity contribution < 1.29 is 9.85 Å². The summed E-state index contributed by atoms with van der Waals surface area (Å²) in [5, 5.41) is 20.5. The SMILES string of the molecule is CC(CC[SiH3])([N+](=O)[O-])[N+](=O)[O-]. The first kappa shape index (κ1) is 10.0. The summed E-state index contributed by atoms with van der Waals surface area (Å²) in [6.07, 6.45) is 0.0270. The van der Waals surface area contributed by atoms with Crippen LogP contribution in [0.2, 0.25) is 6.04 Å². The van der Waals surface area contributed by atoms with Gasteiger partial charge in [0.2, 0.25) is 0 Å². The average molecular weight is 178 g/mol. The van der Waals surface area contributed by atoms with Gasteiger partial charge in [-0.05, 0) is 0 Å². The van der Waals surface area contributed by atoms with Crippen LogP contribution in [-0.2, 0) is 0 Å². The second kappa shape index (κ2) is 3.42. The summed E-state index contributed by atoms with van der Waals surface area (Å²) in [5.41, 5.74) is -1.97. The number of nitro groups is 2. The van der Waals surface area contributed by atoms with Crippen LogP contribution in [0.15, 0.2) is 0 Å². The summed E-state index contributed by atoms with van der Waals surface area (Å²) in [6, 6.07) is 0.568. The Bertz CT molecular complexity index is 169. The molecule has 11 heavy (non-hydrogen) atoms. The van der Waals surface area contributed by atoms with Crippen LogP contribution in [0.3, 0.4) is 0 Å². The highest BCUT2D eigenvalue weighted by Gasteiger charge is 2.48. The largest absolute Gasteiger partial charge is 0.455 e. The standard InChI is InChI=1S/C4H10N2O4Si/c1-4(2-3-11,5(7)8)6(9)10/h2-3H2,1,11H3. The van der Waals surface area contributed by atoms with Gasteiger partial charge < -0.3 is 0 Å². The minimum Gasteiger partial charge on any atom is -0.258 e. The van der Waals surface area contributed by atoms with Gasteiger partial charge in [-0.2, -0.15) is 0 Å². The van der Waals surface area contributed by atoms with Crippen LogP contribution in [0.4, 0.5) is 0 Å². The zero-order chi connectivity index (χ0) is 9.07. The lowest BCUT2D eigenvalue weighted by molar-refractivity contribution is -0.792. The molecule has 0 rings (SSSR count). The first-order valence-electron chi connectivity index (χ1n) is 3.24. The highest BCUT2D eigenvalue weighted by Crippen LogP contribution is 2.16. The molecule has 0 saturated carbocycles. The Morgan fingerprint density at radius 3 is 1.82 bits per heavy atom. The molecule has 7 heteroatoms. The molecule has 0 saturated heterocycles. The predicted octanol–water partition coefficient (Wildman–Crippen LogP) is -0.570. The molecular weight excluding hydrogens is 168 g/mol. The predicted molar refractivity (Wildman–Crippen MR) is 41.8 cm³/mol. The molecule has 0 aliphatic carbocycles. The van der Waals surface area contributed by atoms with Crippen molar-refractivity contribution >= 4 is 10.2 Å². The van der Waals surface area contributed by atoms with Crippen molar-refractivity contribution in [2.75, 3.05) is 0 Å². The van der Waals surface area contributed by atoms with E-state index in [0.29, 0.717) is 6.04 Å². The highest BCUT2D eigenvalue weighted by molar-refractivity contribution is 6.08. The molecule has 0 spiro atoms. The monoisotopic (exact) mass is 178 g/mol. The van der Waals surface area contributed by atoms with Crippen LogP contribution in [-0.4, -0.2) is 25.8 Å². The van der Waals surface area contributed by atoms with Crippen LogP contribution >= 0.6 is 0 Å². The quantitative estimate of drug-likeness (QED) is 0.249. The van der Waals surface area contributed by atoms with Crippen LogP contribution in [0.25, 0.3) is 0 Å². The van der Waals surface area contributed by atoms with E-state index in [9.17, 15) is 20.2 Å². The van der Waals surface area contributed by atoms with Gasteiger partial charge in [0.15, 0.2) is 0 Å². The Labute approximate surface area is 66.3 Å². The fraction of sp³-hybridized carbons (Fsp3) is 1.00. The number of rotatable bonds is 4. The van der Waals surface area contributed by atoms with Gasteiger partial charge in [-0.15, -0.1) is 0 Å². The lowest BCUT2D eigenvalue weighted by atomic mass is 10.2. The summed E-state index contributed by atoms with van der Waals surface area (Å²) >= 11 is 0. The molecular formula is C4H10N2O4Si. The maximum atomic E-state index is 10.2. The molecule has 0 aromatic carbocycles. The summed E-state index contributed by atoms with van der Waals surface area (Å²) in [6.45, 7) is 1.05. The molecule has 0 atom stereocenters. The first-order chi connectivity index (χ1) is 4.95. The first-order valence-corrected chi connectivity index (χ1v) is 4.65. The van der Waals surface area contributed by atoms with Crippen molar-refractivity contribution in [1.82, 2.24) is 0 Å². The van der Waals surface area contributed by atoms with Gasteiger partial charge in [-0.3, -0.25) is 20.2 Å². The van der Waals surface area contributed by atoms with Gasteiger partial charge in [-0.25, -0.2) is 0 Å². The minimum atomic E-state index is -1.97. The molecule has 0 fully saturated rings. The summed E-state index contributed by atoms with van der Waals surface area (Å²) in [5.74, 6) is 0. The third kappa shape index (κ3) is 1.97. The van der Waals surface area contributed by atoms with E-state index in [4.69, 9.17) is 0 Å². The van der Waals surface area contributed by atoms with Crippen LogP contribution in [0.1, 0.15) is 13.3 Å². The van der Waals surface area contributed by atoms with Gasteiger partial charge in [0.25, 0.3) is 0 Å². The zero-order valence-corrected chi connectivity index (χ0v) is 8.44. The molecule has 0 aromatic rings. The van der Waals surface area contributed by atoms with Crippen molar-refractivity contribution in [3.63, 3.8) is 0 Å². The van der Waals surface area contributed by atoms with E-state index < -0.39 is 15.5 Å². The van der Waals surface area contributed by atoms with E-state index in [0.717, 1.165) is 17.2 Å². The Morgan fingerprint density at radius 1 is 1.36 bits per heavy atom. The number of nitrogens with zero attached hydrogens (tertiary/aromatic N) is 2. The van der Waals surface area contributed by atoms with Crippen molar-refractivity contribution in [2.24, 2.45) is 0 Å². The van der Waals surface area contributed by atoms with Crippen LogP contribution in [0, 0.1) is 20.2 Å². The maximum absolute atomic E-state index is 10.2. The van der Waals surface area contributed by atoms with Gasteiger partial charge in [0.05, 0.1) is 23.2 Å². The topological polar surface area (TPSA) is 86.3 Å². The molecule has 0 bridgehead atoms.